The molecule has 0 radical (unpaired) electrons. The lowest BCUT2D eigenvalue weighted by atomic mass is 10.3. The van der Waals surface area contributed by atoms with E-state index < -0.39 is 10.2 Å². The summed E-state index contributed by atoms with van der Waals surface area (Å²) in [6, 6.07) is 1.77. The van der Waals surface area contributed by atoms with Gasteiger partial charge in [0, 0.05) is 12.4 Å². The van der Waals surface area contributed by atoms with Gasteiger partial charge in [-0.25, -0.2) is 0 Å². The smallest absolute Gasteiger partial charge is 0.250 e. The molecule has 1 fully saturated rings. The van der Waals surface area contributed by atoms with Gasteiger partial charge in [0.15, 0.2) is 0 Å². The third-order valence-electron chi connectivity index (χ3n) is 3.78. The Balaban J connectivity index is 2.21. The summed E-state index contributed by atoms with van der Waals surface area (Å²) in [6.45, 7) is 2.23. The molecule has 1 aliphatic heterocycles. The van der Waals surface area contributed by atoms with Crippen LogP contribution in [0.25, 0.3) is 0 Å². The average molecular weight is 273 g/mol. The molecule has 2 rings (SSSR count). The van der Waals surface area contributed by atoms with Crippen molar-refractivity contribution in [2.75, 3.05) is 40.3 Å². The summed E-state index contributed by atoms with van der Waals surface area (Å²) in [6.07, 6.45) is 3.41. The van der Waals surface area contributed by atoms with Gasteiger partial charge < -0.3 is 0 Å². The van der Waals surface area contributed by atoms with E-state index >= 15 is 0 Å². The summed E-state index contributed by atoms with van der Waals surface area (Å²) in [5, 5.41) is 5.28. The van der Waals surface area contributed by atoms with Gasteiger partial charge in [-0.15, -0.1) is 0 Å². The van der Waals surface area contributed by atoms with E-state index in [1.165, 1.54) is 0 Å². The van der Waals surface area contributed by atoms with Crippen molar-refractivity contribution in [1.29, 1.82) is 0 Å². The average Bonchev–Trinajstić information content (AvgIpc) is 2.33. The number of hydrogen-bond donors (Lipinski definition) is 1. The van der Waals surface area contributed by atoms with Crippen LogP contribution in [0.5, 0.6) is 0 Å². The van der Waals surface area contributed by atoms with E-state index in [0.29, 0.717) is 30.7 Å². The molecular weight excluding hydrogens is 254 g/mol. The molecule has 1 saturated heterocycles. The van der Waals surface area contributed by atoms with E-state index in [1.54, 1.807) is 25.5 Å². The van der Waals surface area contributed by atoms with Crippen molar-refractivity contribution in [1.82, 2.24) is 14.5 Å². The quantitative estimate of drug-likeness (QED) is 0.706. The predicted octanol–water partition coefficient (Wildman–Crippen LogP) is -0.923. The number of nitrogens with two attached hydrogens (primary N) is 1. The number of nitrogens with zero attached hydrogens (tertiary/aromatic N) is 4. The van der Waals surface area contributed by atoms with Gasteiger partial charge in [-0.3, -0.25) is 4.48 Å². The van der Waals surface area contributed by atoms with Gasteiger partial charge in [-0.05, 0) is 6.07 Å². The van der Waals surface area contributed by atoms with E-state index in [9.17, 15) is 8.42 Å². The van der Waals surface area contributed by atoms with Crippen LogP contribution < -0.4 is 9.62 Å². The van der Waals surface area contributed by atoms with Crippen molar-refractivity contribution in [3.8, 4) is 0 Å². The Labute approximate surface area is 107 Å². The van der Waals surface area contributed by atoms with Crippen LogP contribution in [0.4, 0.5) is 5.95 Å². The molecule has 7 nitrogen and oxygen atoms in total. The predicted molar refractivity (Wildman–Crippen MR) is 68.5 cm³/mol. The van der Waals surface area contributed by atoms with Crippen molar-refractivity contribution in [3.05, 3.63) is 18.5 Å². The maximum atomic E-state index is 11.6. The zero-order valence-electron chi connectivity index (χ0n) is 10.7. The summed E-state index contributed by atoms with van der Waals surface area (Å²) < 4.78 is 23.6. The second kappa shape index (κ2) is 4.23. The molecule has 1 aromatic rings. The topological polar surface area (TPSA) is 85.9 Å². The lowest BCUT2D eigenvalue weighted by Crippen LogP contribution is -2.68. The van der Waals surface area contributed by atoms with Gasteiger partial charge >= 0.3 is 16.2 Å². The molecule has 0 saturated carbocycles. The van der Waals surface area contributed by atoms with Crippen LogP contribution in [0.3, 0.4) is 0 Å². The first-order valence-corrected chi connectivity index (χ1v) is 7.27. The van der Waals surface area contributed by atoms with Gasteiger partial charge in [0.1, 0.15) is 26.2 Å². The maximum absolute atomic E-state index is 11.6. The fourth-order valence-corrected chi connectivity index (χ4v) is 2.78. The fourth-order valence-electron chi connectivity index (χ4n) is 2.11. The minimum atomic E-state index is -3.57. The van der Waals surface area contributed by atoms with E-state index in [-0.39, 0.29) is 3.89 Å². The van der Waals surface area contributed by atoms with Crippen LogP contribution in [0.15, 0.2) is 18.5 Å². The molecule has 2 N–H and O–H groups in total. The molecule has 1 aromatic heterocycles. The molecule has 0 atom stereocenters. The zero-order valence-corrected chi connectivity index (χ0v) is 11.5. The molecule has 0 amide bonds. The number of piperazine rings is 1. The van der Waals surface area contributed by atoms with Gasteiger partial charge in [0.2, 0.25) is 0 Å². The minimum Gasteiger partial charge on any atom is -0.250 e. The van der Waals surface area contributed by atoms with Crippen molar-refractivity contribution in [3.63, 3.8) is 0 Å². The highest BCUT2D eigenvalue weighted by Gasteiger charge is 2.45. The number of hydrogen-bond acceptors (Lipinski definition) is 4. The van der Waals surface area contributed by atoms with E-state index in [4.69, 9.17) is 5.14 Å². The molecule has 0 aliphatic carbocycles. The molecule has 0 unspecified atom stereocenters. The third-order valence-corrected chi connectivity index (χ3v) is 5.38. The van der Waals surface area contributed by atoms with E-state index in [0.717, 1.165) is 5.95 Å². The number of likely N-dealkylation sites (N-methyl/N-ethyl adjacent to an activating group) is 2. The van der Waals surface area contributed by atoms with Crippen LogP contribution in [0, 0.1) is 0 Å². The monoisotopic (exact) mass is 273 g/mol. The van der Waals surface area contributed by atoms with Gasteiger partial charge in [0.05, 0.1) is 14.1 Å². The Kier molecular flexibility index (Phi) is 3.14. The molecule has 0 aromatic carbocycles. The second-order valence-electron chi connectivity index (χ2n) is 5.15. The van der Waals surface area contributed by atoms with Crippen LogP contribution >= 0.6 is 0 Å². The molecule has 100 valence electrons. The number of aromatic nitrogens is 2. The summed E-state index contributed by atoms with van der Waals surface area (Å²) in [7, 11) is 0.102. The Morgan fingerprint density at radius 2 is 1.61 bits per heavy atom. The van der Waals surface area contributed by atoms with E-state index in [1.807, 2.05) is 7.05 Å². The lowest BCUT2D eigenvalue weighted by Gasteiger charge is -2.42. The molecule has 2 heterocycles. The van der Waals surface area contributed by atoms with Crippen LogP contribution in [-0.2, 0) is 10.2 Å². The Morgan fingerprint density at radius 1 is 1.11 bits per heavy atom. The molecule has 1 aliphatic rings. The number of rotatable bonds is 2. The Hall–Kier alpha value is -1.09. The second-order valence-corrected chi connectivity index (χ2v) is 7.06. The van der Waals surface area contributed by atoms with Gasteiger partial charge in [-0.1, -0.05) is 0 Å². The van der Waals surface area contributed by atoms with Crippen molar-refractivity contribution in [2.45, 2.75) is 0 Å². The lowest BCUT2D eigenvalue weighted by molar-refractivity contribution is -0.790. The highest BCUT2D eigenvalue weighted by atomic mass is 32.2. The molecule has 0 spiro atoms. The van der Waals surface area contributed by atoms with Gasteiger partial charge in [-0.2, -0.15) is 27.4 Å². The normalized spacial score (nSPS) is 33.3. The first-order valence-electron chi connectivity index (χ1n) is 5.76. The summed E-state index contributed by atoms with van der Waals surface area (Å²) in [4.78, 5) is 8.52. The third kappa shape index (κ3) is 2.24. The Bertz CT molecular complexity index is 522. The van der Waals surface area contributed by atoms with Crippen LogP contribution in [0.2, 0.25) is 0 Å². The largest absolute Gasteiger partial charge is 0.367 e. The van der Waals surface area contributed by atoms with E-state index in [2.05, 4.69) is 9.97 Å². The Morgan fingerprint density at radius 3 is 2.06 bits per heavy atom. The first kappa shape index (κ1) is 13.3. The van der Waals surface area contributed by atoms with Crippen LogP contribution in [0.1, 0.15) is 0 Å². The maximum Gasteiger partial charge on any atom is 0.367 e. The van der Waals surface area contributed by atoms with Crippen molar-refractivity contribution >= 4 is 16.2 Å². The minimum absolute atomic E-state index is 0.117. The summed E-state index contributed by atoms with van der Waals surface area (Å²) >= 11 is 0. The molecule has 18 heavy (non-hydrogen) atoms. The SMILES string of the molecule is C[N+]1(c2ncccn2)CC[N+](C)(S(N)(=O)=O)CC1. The molecular formula is C10H19N5O2S+2. The standard InChI is InChI=1S/C10H19N5O2S/c1-14(10-12-4-3-5-13-10)6-8-15(2,9-7-14)18(11,16)17/h3-5H,6-9H2,1-2H3,(H2,11,16,17)/q+2. The molecule has 0 bridgehead atoms. The van der Waals surface area contributed by atoms with Crippen molar-refractivity contribution in [2.24, 2.45) is 5.14 Å². The highest BCUT2D eigenvalue weighted by Crippen LogP contribution is 2.22. The summed E-state index contributed by atoms with van der Waals surface area (Å²) in [5.41, 5.74) is 0. The van der Waals surface area contributed by atoms with Gasteiger partial charge in [0.25, 0.3) is 0 Å². The fraction of sp³-hybridized carbons (Fsp3) is 0.600. The first-order chi connectivity index (χ1) is 8.27. The zero-order chi connectivity index (χ0) is 13.4. The number of quaternary nitrogens is 2. The van der Waals surface area contributed by atoms with Crippen LogP contribution in [-0.4, -0.2) is 62.5 Å². The molecule has 8 heteroatoms. The van der Waals surface area contributed by atoms with Crippen molar-refractivity contribution < 1.29 is 12.3 Å². The highest BCUT2D eigenvalue weighted by molar-refractivity contribution is 7.83. The summed E-state index contributed by atoms with van der Waals surface area (Å²) in [5.74, 6) is 0.721.